The zero-order chi connectivity index (χ0) is 16.1. The number of nitrogens with zero attached hydrogens (tertiary/aromatic N) is 1. The van der Waals surface area contributed by atoms with Crippen molar-refractivity contribution in [2.24, 2.45) is 0 Å². The van der Waals surface area contributed by atoms with Crippen LogP contribution in [-0.4, -0.2) is 35.5 Å². The highest BCUT2D eigenvalue weighted by Crippen LogP contribution is 2.26. The minimum atomic E-state index is -0.524. The predicted molar refractivity (Wildman–Crippen MR) is 82.3 cm³/mol. The second-order valence-corrected chi connectivity index (χ2v) is 4.76. The highest BCUT2D eigenvalue weighted by molar-refractivity contribution is 6.10. The largest absolute Gasteiger partial charge is 0.507 e. The Balaban J connectivity index is 2.20. The Hall–Kier alpha value is -2.82. The van der Waals surface area contributed by atoms with Crippen molar-refractivity contribution in [3.8, 4) is 11.5 Å². The molecule has 2 aromatic carbocycles. The third-order valence-corrected chi connectivity index (χ3v) is 3.24. The molecule has 0 radical (unpaired) electrons. The zero-order valence-corrected chi connectivity index (χ0v) is 12.4. The molecule has 0 aliphatic heterocycles. The number of phenolic OH excluding ortho intramolecular Hbond substituents is 1. The Morgan fingerprint density at radius 1 is 1.14 bits per heavy atom. The van der Waals surface area contributed by atoms with Crippen molar-refractivity contribution in [3.05, 3.63) is 59.7 Å². The molecule has 5 nitrogen and oxygen atoms in total. The summed E-state index contributed by atoms with van der Waals surface area (Å²) in [4.78, 5) is 25.3. The van der Waals surface area contributed by atoms with E-state index < -0.39 is 6.09 Å². The standard InChI is InChI=1S/C17H17NO4/c1-3-18(2)17(21)22-13-9-10-14(15(19)11-13)16(20)12-7-5-4-6-8-12/h4-11,19H,3H2,1-2H3. The van der Waals surface area contributed by atoms with Gasteiger partial charge in [-0.1, -0.05) is 30.3 Å². The van der Waals surface area contributed by atoms with Crippen molar-refractivity contribution in [2.45, 2.75) is 6.92 Å². The molecule has 0 aliphatic rings. The number of phenols is 1. The molecule has 0 atom stereocenters. The minimum absolute atomic E-state index is 0.162. The lowest BCUT2D eigenvalue weighted by Gasteiger charge is -2.14. The minimum Gasteiger partial charge on any atom is -0.507 e. The van der Waals surface area contributed by atoms with E-state index in [1.807, 2.05) is 13.0 Å². The maximum Gasteiger partial charge on any atom is 0.414 e. The molecule has 2 rings (SSSR count). The van der Waals surface area contributed by atoms with Gasteiger partial charge in [0.1, 0.15) is 11.5 Å². The van der Waals surface area contributed by atoms with Crippen molar-refractivity contribution in [3.63, 3.8) is 0 Å². The van der Waals surface area contributed by atoms with Gasteiger partial charge in [-0.05, 0) is 19.1 Å². The van der Waals surface area contributed by atoms with Crippen LogP contribution in [-0.2, 0) is 0 Å². The number of carbonyl (C=O) groups excluding carboxylic acids is 2. The number of hydrogen-bond donors (Lipinski definition) is 1. The first-order valence-corrected chi connectivity index (χ1v) is 6.88. The molecular weight excluding hydrogens is 282 g/mol. The maximum absolute atomic E-state index is 12.3. The molecule has 0 unspecified atom stereocenters. The van der Waals surface area contributed by atoms with Crippen LogP contribution >= 0.6 is 0 Å². The van der Waals surface area contributed by atoms with Gasteiger partial charge in [0.15, 0.2) is 5.78 Å². The van der Waals surface area contributed by atoms with Crippen LogP contribution in [0, 0.1) is 0 Å². The topological polar surface area (TPSA) is 66.8 Å². The van der Waals surface area contributed by atoms with Crippen LogP contribution in [0.5, 0.6) is 11.5 Å². The lowest BCUT2D eigenvalue weighted by Crippen LogP contribution is -2.29. The fraction of sp³-hybridized carbons (Fsp3) is 0.176. The Bertz CT molecular complexity index is 682. The summed E-state index contributed by atoms with van der Waals surface area (Å²) in [7, 11) is 1.61. The number of aromatic hydroxyl groups is 1. The van der Waals surface area contributed by atoms with Gasteiger partial charge in [-0.25, -0.2) is 4.79 Å². The molecular formula is C17H17NO4. The Morgan fingerprint density at radius 2 is 1.82 bits per heavy atom. The van der Waals surface area contributed by atoms with Crippen LogP contribution < -0.4 is 4.74 Å². The van der Waals surface area contributed by atoms with Crippen LogP contribution in [0.2, 0.25) is 0 Å². The van der Waals surface area contributed by atoms with E-state index in [2.05, 4.69) is 0 Å². The summed E-state index contributed by atoms with van der Waals surface area (Å²) in [5.41, 5.74) is 0.642. The van der Waals surface area contributed by atoms with Gasteiger partial charge in [0.2, 0.25) is 0 Å². The molecule has 22 heavy (non-hydrogen) atoms. The molecule has 2 aromatic rings. The molecule has 0 heterocycles. The first-order chi connectivity index (χ1) is 10.5. The number of ether oxygens (including phenoxy) is 1. The molecule has 0 fully saturated rings. The zero-order valence-electron chi connectivity index (χ0n) is 12.4. The molecule has 0 saturated heterocycles. The number of amides is 1. The lowest BCUT2D eigenvalue weighted by atomic mass is 10.0. The van der Waals surface area contributed by atoms with E-state index in [9.17, 15) is 14.7 Å². The van der Waals surface area contributed by atoms with E-state index in [1.54, 1.807) is 31.3 Å². The summed E-state index contributed by atoms with van der Waals surface area (Å²) in [6.45, 7) is 2.33. The van der Waals surface area contributed by atoms with E-state index in [1.165, 1.54) is 23.1 Å². The number of hydrogen-bond acceptors (Lipinski definition) is 4. The van der Waals surface area contributed by atoms with Gasteiger partial charge in [0.05, 0.1) is 5.56 Å². The van der Waals surface area contributed by atoms with Crippen LogP contribution in [0.4, 0.5) is 4.79 Å². The van der Waals surface area contributed by atoms with Crippen LogP contribution in [0.25, 0.3) is 0 Å². The summed E-state index contributed by atoms with van der Waals surface area (Å²) in [6.07, 6.45) is -0.524. The van der Waals surface area contributed by atoms with Gasteiger partial charge in [-0.3, -0.25) is 4.79 Å². The van der Waals surface area contributed by atoms with Gasteiger partial charge >= 0.3 is 6.09 Å². The quantitative estimate of drug-likeness (QED) is 0.881. The van der Waals surface area contributed by atoms with Crippen molar-refractivity contribution >= 4 is 11.9 Å². The number of benzene rings is 2. The Morgan fingerprint density at radius 3 is 2.41 bits per heavy atom. The average Bonchev–Trinajstić information content (AvgIpc) is 2.54. The first-order valence-electron chi connectivity index (χ1n) is 6.88. The normalized spacial score (nSPS) is 10.1. The van der Waals surface area contributed by atoms with Gasteiger partial charge in [0, 0.05) is 25.2 Å². The summed E-state index contributed by atoms with van der Waals surface area (Å²) < 4.78 is 5.10. The van der Waals surface area contributed by atoms with Gasteiger partial charge in [0.25, 0.3) is 0 Å². The highest BCUT2D eigenvalue weighted by Gasteiger charge is 2.16. The lowest BCUT2D eigenvalue weighted by molar-refractivity contribution is 0.103. The summed E-state index contributed by atoms with van der Waals surface area (Å²) in [5, 5.41) is 10.0. The van der Waals surface area contributed by atoms with Crippen molar-refractivity contribution in [1.82, 2.24) is 4.90 Å². The number of carbonyl (C=O) groups is 2. The summed E-state index contributed by atoms with van der Waals surface area (Å²) in [5.74, 6) is -0.327. The van der Waals surface area contributed by atoms with E-state index in [0.717, 1.165) is 0 Å². The number of rotatable bonds is 4. The average molecular weight is 299 g/mol. The predicted octanol–water partition coefficient (Wildman–Crippen LogP) is 3.07. The van der Waals surface area contributed by atoms with Crippen molar-refractivity contribution in [2.75, 3.05) is 13.6 Å². The fourth-order valence-corrected chi connectivity index (χ4v) is 1.82. The second kappa shape index (κ2) is 6.76. The number of ketones is 1. The molecule has 114 valence electrons. The SMILES string of the molecule is CCN(C)C(=O)Oc1ccc(C(=O)c2ccccc2)c(O)c1. The maximum atomic E-state index is 12.3. The summed E-state index contributed by atoms with van der Waals surface area (Å²) in [6, 6.07) is 12.8. The third-order valence-electron chi connectivity index (χ3n) is 3.24. The fourth-order valence-electron chi connectivity index (χ4n) is 1.82. The summed E-state index contributed by atoms with van der Waals surface area (Å²) >= 11 is 0. The third kappa shape index (κ3) is 3.44. The molecule has 0 aliphatic carbocycles. The van der Waals surface area contributed by atoms with Crippen LogP contribution in [0.1, 0.15) is 22.8 Å². The van der Waals surface area contributed by atoms with E-state index in [0.29, 0.717) is 12.1 Å². The van der Waals surface area contributed by atoms with Gasteiger partial charge < -0.3 is 14.7 Å². The molecule has 1 N–H and O–H groups in total. The first kappa shape index (κ1) is 15.6. The molecule has 0 bridgehead atoms. The molecule has 1 amide bonds. The molecule has 5 heteroatoms. The van der Waals surface area contributed by atoms with E-state index in [-0.39, 0.29) is 22.8 Å². The Labute approximate surface area is 128 Å². The van der Waals surface area contributed by atoms with Crippen LogP contribution in [0.15, 0.2) is 48.5 Å². The smallest absolute Gasteiger partial charge is 0.414 e. The van der Waals surface area contributed by atoms with Gasteiger partial charge in [-0.15, -0.1) is 0 Å². The van der Waals surface area contributed by atoms with Crippen LogP contribution in [0.3, 0.4) is 0 Å². The molecule has 0 saturated carbocycles. The molecule has 0 aromatic heterocycles. The second-order valence-electron chi connectivity index (χ2n) is 4.76. The van der Waals surface area contributed by atoms with Crippen molar-refractivity contribution < 1.29 is 19.4 Å². The van der Waals surface area contributed by atoms with Crippen molar-refractivity contribution in [1.29, 1.82) is 0 Å². The van der Waals surface area contributed by atoms with Gasteiger partial charge in [-0.2, -0.15) is 0 Å². The highest BCUT2D eigenvalue weighted by atomic mass is 16.6. The monoisotopic (exact) mass is 299 g/mol. The Kier molecular flexibility index (Phi) is 4.78. The van der Waals surface area contributed by atoms with E-state index in [4.69, 9.17) is 4.74 Å². The van der Waals surface area contributed by atoms with E-state index >= 15 is 0 Å². The molecule has 0 spiro atoms.